The lowest BCUT2D eigenvalue weighted by molar-refractivity contribution is 0.0524. The molecule has 0 N–H and O–H groups in total. The molecule has 142 valence electrons. The molecule has 3 aromatic rings. The van der Waals surface area contributed by atoms with E-state index in [2.05, 4.69) is 15.0 Å². The molecule has 0 fully saturated rings. The van der Waals surface area contributed by atoms with E-state index in [-0.39, 0.29) is 0 Å². The van der Waals surface area contributed by atoms with Crippen LogP contribution in [0.5, 0.6) is 0 Å². The van der Waals surface area contributed by atoms with Gasteiger partial charge in [-0.15, -0.1) is 0 Å². The van der Waals surface area contributed by atoms with E-state index in [1.165, 1.54) is 6.20 Å². The number of hydrogen-bond donors (Lipinski definition) is 0. The topological polar surface area (TPSA) is 65.2 Å². The summed E-state index contributed by atoms with van der Waals surface area (Å²) in [6.45, 7) is 3.19. The number of aryl methyl sites for hydroxylation is 1. The van der Waals surface area contributed by atoms with Crippen LogP contribution in [-0.2, 0) is 24.9 Å². The van der Waals surface area contributed by atoms with Crippen LogP contribution in [-0.4, -0.2) is 43.9 Å². The summed E-state index contributed by atoms with van der Waals surface area (Å²) >= 11 is 6.35. The molecular weight excluding hydrogens is 366 g/mol. The number of benzene rings is 1. The molecule has 0 saturated carbocycles. The summed E-state index contributed by atoms with van der Waals surface area (Å²) in [4.78, 5) is 18.8. The third-order valence-corrected chi connectivity index (χ3v) is 4.52. The third kappa shape index (κ3) is 4.20. The highest BCUT2D eigenvalue weighted by Gasteiger charge is 2.22. The first kappa shape index (κ1) is 19.1. The number of carbonyl (C=O) groups excluding carboxylic acids is 1. The number of esters is 1. The van der Waals surface area contributed by atoms with Gasteiger partial charge in [-0.05, 0) is 26.1 Å². The van der Waals surface area contributed by atoms with Crippen molar-refractivity contribution < 1.29 is 9.53 Å². The summed E-state index contributed by atoms with van der Waals surface area (Å²) in [7, 11) is 3.92. The number of halogens is 1. The second-order valence-corrected chi connectivity index (χ2v) is 6.62. The van der Waals surface area contributed by atoms with E-state index in [1.807, 2.05) is 43.1 Å². The number of ether oxygens (including phenoxy) is 1. The molecule has 27 heavy (non-hydrogen) atoms. The number of carbonyl (C=O) groups is 1. The third-order valence-electron chi connectivity index (χ3n) is 4.20. The molecule has 0 aliphatic carbocycles. The molecule has 1 aromatic carbocycles. The first-order valence-electron chi connectivity index (χ1n) is 8.65. The van der Waals surface area contributed by atoms with E-state index in [9.17, 15) is 4.79 Å². The van der Waals surface area contributed by atoms with Crippen LogP contribution in [0.1, 0.15) is 28.8 Å². The number of aromatic nitrogens is 4. The minimum Gasteiger partial charge on any atom is -0.462 e. The lowest BCUT2D eigenvalue weighted by Crippen LogP contribution is -2.23. The van der Waals surface area contributed by atoms with Crippen LogP contribution >= 0.6 is 11.6 Å². The summed E-state index contributed by atoms with van der Waals surface area (Å²) < 4.78 is 8.86. The summed E-state index contributed by atoms with van der Waals surface area (Å²) in [5, 5.41) is 4.96. The minimum absolute atomic E-state index is 0.304. The van der Waals surface area contributed by atoms with Gasteiger partial charge in [0.1, 0.15) is 11.4 Å². The molecule has 0 unspecified atom stereocenters. The van der Waals surface area contributed by atoms with Gasteiger partial charge in [0, 0.05) is 26.0 Å². The van der Waals surface area contributed by atoms with Crippen molar-refractivity contribution in [3.8, 4) is 5.69 Å². The highest BCUT2D eigenvalue weighted by molar-refractivity contribution is 6.32. The molecule has 0 bridgehead atoms. The average molecular weight is 388 g/mol. The van der Waals surface area contributed by atoms with Gasteiger partial charge in [-0.1, -0.05) is 23.7 Å². The van der Waals surface area contributed by atoms with Gasteiger partial charge in [0.25, 0.3) is 0 Å². The quantitative estimate of drug-likeness (QED) is 0.583. The molecule has 0 aliphatic rings. The Hall–Kier alpha value is -2.64. The molecule has 0 saturated heterocycles. The molecule has 0 spiro atoms. The van der Waals surface area contributed by atoms with Crippen molar-refractivity contribution in [2.24, 2.45) is 7.05 Å². The largest absolute Gasteiger partial charge is 0.462 e. The molecule has 0 aliphatic heterocycles. The Morgan fingerprint density at radius 1 is 1.30 bits per heavy atom. The Morgan fingerprint density at radius 3 is 2.74 bits per heavy atom. The van der Waals surface area contributed by atoms with Crippen molar-refractivity contribution in [3.05, 3.63) is 65.0 Å². The first-order chi connectivity index (χ1) is 13.0. The van der Waals surface area contributed by atoms with Gasteiger partial charge in [-0.25, -0.2) is 14.5 Å². The fourth-order valence-corrected chi connectivity index (χ4v) is 3.05. The van der Waals surface area contributed by atoms with Crippen LogP contribution in [0.4, 0.5) is 0 Å². The van der Waals surface area contributed by atoms with Crippen LogP contribution in [0.15, 0.2) is 42.9 Å². The molecule has 3 rings (SSSR count). The Kier molecular flexibility index (Phi) is 5.93. The van der Waals surface area contributed by atoms with Crippen molar-refractivity contribution in [2.45, 2.75) is 20.0 Å². The Labute approximate surface area is 163 Å². The maximum Gasteiger partial charge on any atom is 0.341 e. The van der Waals surface area contributed by atoms with Gasteiger partial charge in [0.2, 0.25) is 0 Å². The Bertz CT molecular complexity index is 934. The standard InChI is InChI=1S/C19H22ClN5O2/c1-4-27-19(26)14-11-22-25(16-8-6-5-7-15(16)20)17(14)12-23(2)13-18-21-9-10-24(18)3/h5-11H,4,12-13H2,1-3H3. The fraction of sp³-hybridized carbons (Fsp3) is 0.316. The van der Waals surface area contributed by atoms with E-state index < -0.39 is 5.97 Å². The molecule has 8 heteroatoms. The summed E-state index contributed by atoms with van der Waals surface area (Å²) in [5.74, 6) is 0.537. The zero-order chi connectivity index (χ0) is 19.4. The molecule has 0 amide bonds. The predicted molar refractivity (Wildman–Crippen MR) is 103 cm³/mol. The van der Waals surface area contributed by atoms with Gasteiger partial charge in [0.05, 0.1) is 35.8 Å². The number of nitrogens with zero attached hydrogens (tertiary/aromatic N) is 5. The average Bonchev–Trinajstić information content (AvgIpc) is 3.22. The van der Waals surface area contributed by atoms with Crippen LogP contribution in [0.25, 0.3) is 5.69 Å². The van der Waals surface area contributed by atoms with Crippen molar-refractivity contribution in [1.29, 1.82) is 0 Å². The summed E-state index contributed by atoms with van der Waals surface area (Å²) in [5.41, 5.74) is 1.87. The SMILES string of the molecule is CCOC(=O)c1cnn(-c2ccccc2Cl)c1CN(C)Cc1nccn1C. The van der Waals surface area contributed by atoms with Crippen LogP contribution in [0, 0.1) is 0 Å². The Balaban J connectivity index is 1.95. The van der Waals surface area contributed by atoms with E-state index in [1.54, 1.807) is 23.9 Å². The lowest BCUT2D eigenvalue weighted by atomic mass is 10.2. The molecule has 7 nitrogen and oxygen atoms in total. The summed E-state index contributed by atoms with van der Waals surface area (Å²) in [6, 6.07) is 7.40. The highest BCUT2D eigenvalue weighted by atomic mass is 35.5. The van der Waals surface area contributed by atoms with Gasteiger partial charge >= 0.3 is 5.97 Å². The molecule has 0 radical (unpaired) electrons. The molecule has 2 heterocycles. The minimum atomic E-state index is -0.392. The van der Waals surface area contributed by atoms with Crippen LogP contribution < -0.4 is 0 Å². The van der Waals surface area contributed by atoms with E-state index in [0.717, 1.165) is 17.2 Å². The predicted octanol–water partition coefficient (Wildman–Crippen LogP) is 3.07. The highest BCUT2D eigenvalue weighted by Crippen LogP contribution is 2.24. The number of imidazole rings is 1. The van der Waals surface area contributed by atoms with Gasteiger partial charge in [-0.3, -0.25) is 4.90 Å². The van der Waals surface area contributed by atoms with Crippen molar-refractivity contribution in [2.75, 3.05) is 13.7 Å². The Morgan fingerprint density at radius 2 is 2.07 bits per heavy atom. The zero-order valence-electron chi connectivity index (χ0n) is 15.6. The van der Waals surface area contributed by atoms with Crippen molar-refractivity contribution in [3.63, 3.8) is 0 Å². The normalized spacial score (nSPS) is 11.1. The van der Waals surface area contributed by atoms with Gasteiger partial charge in [0.15, 0.2) is 0 Å². The second-order valence-electron chi connectivity index (χ2n) is 6.22. The summed E-state index contributed by atoms with van der Waals surface area (Å²) in [6.07, 6.45) is 5.20. The van der Waals surface area contributed by atoms with Crippen LogP contribution in [0.3, 0.4) is 0 Å². The van der Waals surface area contributed by atoms with Crippen molar-refractivity contribution in [1.82, 2.24) is 24.2 Å². The first-order valence-corrected chi connectivity index (χ1v) is 9.02. The molecular formula is C19H22ClN5O2. The van der Waals surface area contributed by atoms with E-state index in [4.69, 9.17) is 16.3 Å². The van der Waals surface area contributed by atoms with Gasteiger partial charge in [-0.2, -0.15) is 5.10 Å². The number of rotatable bonds is 7. The number of hydrogen-bond acceptors (Lipinski definition) is 5. The monoisotopic (exact) mass is 387 g/mol. The zero-order valence-corrected chi connectivity index (χ0v) is 16.3. The second kappa shape index (κ2) is 8.37. The van der Waals surface area contributed by atoms with Crippen molar-refractivity contribution >= 4 is 17.6 Å². The van der Waals surface area contributed by atoms with E-state index in [0.29, 0.717) is 30.3 Å². The smallest absolute Gasteiger partial charge is 0.341 e. The fourth-order valence-electron chi connectivity index (χ4n) is 2.84. The van der Waals surface area contributed by atoms with E-state index >= 15 is 0 Å². The van der Waals surface area contributed by atoms with Gasteiger partial charge < -0.3 is 9.30 Å². The van der Waals surface area contributed by atoms with Crippen LogP contribution in [0.2, 0.25) is 5.02 Å². The number of para-hydroxylation sites is 1. The molecule has 2 aromatic heterocycles. The molecule has 0 atom stereocenters. The maximum absolute atomic E-state index is 12.4. The lowest BCUT2D eigenvalue weighted by Gasteiger charge is -2.18. The maximum atomic E-state index is 12.4.